The lowest BCUT2D eigenvalue weighted by atomic mass is 10.2. The summed E-state index contributed by atoms with van der Waals surface area (Å²) in [6.45, 7) is 5.13. The second-order valence-electron chi connectivity index (χ2n) is 5.00. The maximum atomic E-state index is 11.6. The van der Waals surface area contributed by atoms with Gasteiger partial charge in [0.2, 0.25) is 5.91 Å². The number of carbonyl (C=O) groups is 1. The predicted molar refractivity (Wildman–Crippen MR) is 69.8 cm³/mol. The zero-order chi connectivity index (χ0) is 12.3. The molecule has 1 aliphatic carbocycles. The van der Waals surface area contributed by atoms with Crippen LogP contribution in [0.5, 0.6) is 0 Å². The summed E-state index contributed by atoms with van der Waals surface area (Å²) >= 11 is 0. The van der Waals surface area contributed by atoms with Crippen molar-refractivity contribution >= 4 is 11.6 Å². The first-order valence-electron chi connectivity index (χ1n) is 6.28. The van der Waals surface area contributed by atoms with Crippen LogP contribution in [0.1, 0.15) is 32.3 Å². The summed E-state index contributed by atoms with van der Waals surface area (Å²) in [7, 11) is 0. The summed E-state index contributed by atoms with van der Waals surface area (Å²) in [4.78, 5) is 11.6. The van der Waals surface area contributed by atoms with Crippen LogP contribution in [0.15, 0.2) is 24.3 Å². The monoisotopic (exact) mass is 232 g/mol. The fraction of sp³-hybridized carbons (Fsp3) is 0.500. The fourth-order valence-electron chi connectivity index (χ4n) is 1.62. The minimum Gasteiger partial charge on any atom is -0.326 e. The van der Waals surface area contributed by atoms with Gasteiger partial charge in [0.15, 0.2) is 0 Å². The lowest BCUT2D eigenvalue weighted by molar-refractivity contribution is -0.117. The molecular formula is C14H20N2O. The maximum Gasteiger partial charge on any atom is 0.227 e. The number of rotatable bonds is 5. The molecule has 17 heavy (non-hydrogen) atoms. The third-order valence-corrected chi connectivity index (χ3v) is 2.88. The van der Waals surface area contributed by atoms with Gasteiger partial charge in [-0.1, -0.05) is 26.0 Å². The van der Waals surface area contributed by atoms with Gasteiger partial charge in [0.25, 0.3) is 0 Å². The number of nitrogens with one attached hydrogen (secondary N) is 2. The van der Waals surface area contributed by atoms with E-state index in [9.17, 15) is 4.79 Å². The summed E-state index contributed by atoms with van der Waals surface area (Å²) < 4.78 is 0. The number of hydrogen-bond acceptors (Lipinski definition) is 2. The Balaban J connectivity index is 1.86. The van der Waals surface area contributed by atoms with E-state index in [0.717, 1.165) is 25.1 Å². The molecule has 1 aromatic carbocycles. The summed E-state index contributed by atoms with van der Waals surface area (Å²) in [5, 5.41) is 6.30. The molecule has 0 spiro atoms. The second-order valence-corrected chi connectivity index (χ2v) is 5.00. The highest BCUT2D eigenvalue weighted by Crippen LogP contribution is 2.30. The fourth-order valence-corrected chi connectivity index (χ4v) is 1.62. The van der Waals surface area contributed by atoms with Crippen molar-refractivity contribution < 1.29 is 4.79 Å². The third-order valence-electron chi connectivity index (χ3n) is 2.88. The third kappa shape index (κ3) is 3.86. The largest absolute Gasteiger partial charge is 0.326 e. The van der Waals surface area contributed by atoms with Gasteiger partial charge in [-0.2, -0.15) is 0 Å². The van der Waals surface area contributed by atoms with E-state index in [-0.39, 0.29) is 11.8 Å². The molecule has 1 aliphatic rings. The van der Waals surface area contributed by atoms with Crippen LogP contribution < -0.4 is 10.6 Å². The predicted octanol–water partition coefficient (Wildman–Crippen LogP) is 2.53. The molecule has 3 nitrogen and oxygen atoms in total. The van der Waals surface area contributed by atoms with Gasteiger partial charge in [0, 0.05) is 24.2 Å². The number of anilines is 1. The SMILES string of the molecule is CC(C)NCc1ccc(NC(=O)C2CC2)cc1. The van der Waals surface area contributed by atoms with Crippen molar-refractivity contribution in [2.75, 3.05) is 5.32 Å². The smallest absolute Gasteiger partial charge is 0.227 e. The van der Waals surface area contributed by atoms with Crippen LogP contribution in [-0.2, 0) is 11.3 Å². The van der Waals surface area contributed by atoms with Crippen molar-refractivity contribution in [3.05, 3.63) is 29.8 Å². The molecule has 0 radical (unpaired) electrons. The van der Waals surface area contributed by atoms with Crippen LogP contribution >= 0.6 is 0 Å². The number of benzene rings is 1. The van der Waals surface area contributed by atoms with Crippen LogP contribution in [0.2, 0.25) is 0 Å². The van der Waals surface area contributed by atoms with Crippen molar-refractivity contribution in [3.8, 4) is 0 Å². The molecule has 0 heterocycles. The molecule has 92 valence electrons. The number of hydrogen-bond donors (Lipinski definition) is 2. The van der Waals surface area contributed by atoms with Gasteiger partial charge in [0.05, 0.1) is 0 Å². The normalized spacial score (nSPS) is 15.0. The van der Waals surface area contributed by atoms with Gasteiger partial charge in [-0.3, -0.25) is 4.79 Å². The van der Waals surface area contributed by atoms with E-state index in [1.54, 1.807) is 0 Å². The molecular weight excluding hydrogens is 212 g/mol. The van der Waals surface area contributed by atoms with E-state index in [1.165, 1.54) is 5.56 Å². The Bertz CT molecular complexity index is 380. The Morgan fingerprint density at radius 1 is 1.29 bits per heavy atom. The van der Waals surface area contributed by atoms with E-state index >= 15 is 0 Å². The van der Waals surface area contributed by atoms with Gasteiger partial charge in [0.1, 0.15) is 0 Å². The molecule has 1 fully saturated rings. The number of carbonyl (C=O) groups excluding carboxylic acids is 1. The average Bonchev–Trinajstić information content (AvgIpc) is 3.12. The highest BCUT2D eigenvalue weighted by Gasteiger charge is 2.29. The molecule has 1 aromatic rings. The van der Waals surface area contributed by atoms with E-state index in [0.29, 0.717) is 6.04 Å². The molecule has 0 aliphatic heterocycles. The van der Waals surface area contributed by atoms with Crippen LogP contribution in [0.4, 0.5) is 5.69 Å². The van der Waals surface area contributed by atoms with Crippen LogP contribution in [-0.4, -0.2) is 11.9 Å². The van der Waals surface area contributed by atoms with Crippen molar-refractivity contribution in [2.45, 2.75) is 39.3 Å². The van der Waals surface area contributed by atoms with E-state index in [1.807, 2.05) is 12.1 Å². The summed E-state index contributed by atoms with van der Waals surface area (Å²) in [6.07, 6.45) is 2.09. The van der Waals surface area contributed by atoms with Crippen LogP contribution in [0, 0.1) is 5.92 Å². The first-order valence-corrected chi connectivity index (χ1v) is 6.28. The molecule has 0 bridgehead atoms. The van der Waals surface area contributed by atoms with Gasteiger partial charge in [-0.05, 0) is 30.5 Å². The second kappa shape index (κ2) is 5.32. The van der Waals surface area contributed by atoms with Crippen LogP contribution in [0.25, 0.3) is 0 Å². The van der Waals surface area contributed by atoms with Crippen LogP contribution in [0.3, 0.4) is 0 Å². The first-order chi connectivity index (χ1) is 8.15. The Hall–Kier alpha value is -1.35. The maximum absolute atomic E-state index is 11.6. The van der Waals surface area contributed by atoms with Gasteiger partial charge in [-0.25, -0.2) is 0 Å². The molecule has 2 N–H and O–H groups in total. The zero-order valence-electron chi connectivity index (χ0n) is 10.5. The minimum absolute atomic E-state index is 0.165. The molecule has 2 rings (SSSR count). The van der Waals surface area contributed by atoms with E-state index in [2.05, 4.69) is 36.6 Å². The highest BCUT2D eigenvalue weighted by molar-refractivity contribution is 5.93. The topological polar surface area (TPSA) is 41.1 Å². The summed E-state index contributed by atoms with van der Waals surface area (Å²) in [5.74, 6) is 0.426. The van der Waals surface area contributed by atoms with Crippen molar-refractivity contribution in [1.29, 1.82) is 0 Å². The lowest BCUT2D eigenvalue weighted by Crippen LogP contribution is -2.21. The van der Waals surface area contributed by atoms with Gasteiger partial charge in [-0.15, -0.1) is 0 Å². The molecule has 0 unspecified atom stereocenters. The number of amides is 1. The van der Waals surface area contributed by atoms with Crippen molar-refractivity contribution in [1.82, 2.24) is 5.32 Å². The summed E-state index contributed by atoms with van der Waals surface area (Å²) in [6, 6.07) is 8.54. The highest BCUT2D eigenvalue weighted by atomic mass is 16.2. The quantitative estimate of drug-likeness (QED) is 0.819. The molecule has 0 aromatic heterocycles. The molecule has 1 saturated carbocycles. The Morgan fingerprint density at radius 3 is 2.47 bits per heavy atom. The molecule has 3 heteroatoms. The Labute approximate surface area is 103 Å². The zero-order valence-corrected chi connectivity index (χ0v) is 10.5. The Kier molecular flexibility index (Phi) is 3.79. The molecule has 1 amide bonds. The van der Waals surface area contributed by atoms with E-state index < -0.39 is 0 Å². The van der Waals surface area contributed by atoms with Crippen molar-refractivity contribution in [2.24, 2.45) is 5.92 Å². The Morgan fingerprint density at radius 2 is 1.94 bits per heavy atom. The summed E-state index contributed by atoms with van der Waals surface area (Å²) in [5.41, 5.74) is 2.14. The average molecular weight is 232 g/mol. The van der Waals surface area contributed by atoms with Gasteiger partial charge < -0.3 is 10.6 Å². The van der Waals surface area contributed by atoms with E-state index in [4.69, 9.17) is 0 Å². The van der Waals surface area contributed by atoms with Crippen molar-refractivity contribution in [3.63, 3.8) is 0 Å². The first kappa shape index (κ1) is 12.1. The van der Waals surface area contributed by atoms with Gasteiger partial charge >= 0.3 is 0 Å². The lowest BCUT2D eigenvalue weighted by Gasteiger charge is -2.09. The molecule has 0 atom stereocenters. The minimum atomic E-state index is 0.165. The molecule has 0 saturated heterocycles. The standard InChI is InChI=1S/C14H20N2O/c1-10(2)15-9-11-3-7-13(8-4-11)16-14(17)12-5-6-12/h3-4,7-8,10,12,15H,5-6,9H2,1-2H3,(H,16,17).